The smallest absolute Gasteiger partial charge is 0.475 e. The first kappa shape index (κ1) is 32.9. The standard InChI is InChI=1S/C23H22FN5.2C2HF3O2/c24-20-5-3-4-18(14-20)19-7-8-22-26-23(27-29(22)15-19)17-9-12-28(13-10-17)16-21-6-1-2-11-25-21;2*3-2(4,5)1(6)7/h1-8,11,14-15,17H,9-10,12-13,16H2;2*(H,6,7). The van der Waals surface area contributed by atoms with Crippen molar-refractivity contribution in [1.82, 2.24) is 24.5 Å². The van der Waals surface area contributed by atoms with E-state index in [1.54, 1.807) is 6.07 Å². The number of carboxylic acids is 2. The van der Waals surface area contributed by atoms with Crippen LogP contribution in [0.2, 0.25) is 0 Å². The van der Waals surface area contributed by atoms with Crippen molar-refractivity contribution in [3.63, 3.8) is 0 Å². The van der Waals surface area contributed by atoms with Crippen molar-refractivity contribution in [2.45, 2.75) is 37.7 Å². The molecule has 0 saturated carbocycles. The van der Waals surface area contributed by atoms with Crippen LogP contribution in [0, 0.1) is 5.82 Å². The van der Waals surface area contributed by atoms with Gasteiger partial charge in [0.05, 0.1) is 5.69 Å². The van der Waals surface area contributed by atoms with E-state index in [2.05, 4.69) is 16.0 Å². The molecule has 0 amide bonds. The molecule has 0 bridgehead atoms. The van der Waals surface area contributed by atoms with Crippen LogP contribution in [0.1, 0.15) is 30.3 Å². The number of aliphatic carboxylic acids is 2. The second-order valence-electron chi connectivity index (χ2n) is 9.18. The number of alkyl halides is 6. The van der Waals surface area contributed by atoms with Gasteiger partial charge < -0.3 is 10.2 Å². The van der Waals surface area contributed by atoms with Gasteiger partial charge in [0.2, 0.25) is 0 Å². The number of carboxylic acid groups (broad SMARTS) is 2. The zero-order valence-electron chi connectivity index (χ0n) is 22.1. The van der Waals surface area contributed by atoms with Crippen LogP contribution in [0.25, 0.3) is 16.8 Å². The van der Waals surface area contributed by atoms with Crippen molar-refractivity contribution in [3.05, 3.63) is 84.3 Å². The van der Waals surface area contributed by atoms with Gasteiger partial charge in [-0.15, -0.1) is 0 Å². The Morgan fingerprint density at radius 3 is 2.02 bits per heavy atom. The molecule has 43 heavy (non-hydrogen) atoms. The highest BCUT2D eigenvalue weighted by Gasteiger charge is 2.38. The van der Waals surface area contributed by atoms with Gasteiger partial charge in [-0.2, -0.15) is 31.4 Å². The maximum absolute atomic E-state index is 13.5. The number of likely N-dealkylation sites (tertiary alicyclic amines) is 1. The van der Waals surface area contributed by atoms with Crippen molar-refractivity contribution >= 4 is 17.6 Å². The summed E-state index contributed by atoms with van der Waals surface area (Å²) in [5.74, 6) is -4.48. The number of hydrogen-bond acceptors (Lipinski definition) is 6. The Kier molecular flexibility index (Phi) is 10.7. The van der Waals surface area contributed by atoms with Gasteiger partial charge in [-0.1, -0.05) is 18.2 Å². The first-order valence-electron chi connectivity index (χ1n) is 12.5. The Morgan fingerprint density at radius 1 is 0.860 bits per heavy atom. The fourth-order valence-corrected chi connectivity index (χ4v) is 3.98. The molecule has 0 unspecified atom stereocenters. The summed E-state index contributed by atoms with van der Waals surface area (Å²) in [5.41, 5.74) is 3.71. The highest BCUT2D eigenvalue weighted by molar-refractivity contribution is 5.73. The summed E-state index contributed by atoms with van der Waals surface area (Å²) in [6.07, 6.45) is -4.31. The quantitative estimate of drug-likeness (QED) is 0.286. The van der Waals surface area contributed by atoms with Gasteiger partial charge in [-0.25, -0.2) is 23.5 Å². The van der Waals surface area contributed by atoms with E-state index in [1.807, 2.05) is 47.2 Å². The summed E-state index contributed by atoms with van der Waals surface area (Å²) in [5, 5.41) is 19.0. The second kappa shape index (κ2) is 14.0. The van der Waals surface area contributed by atoms with Crippen LogP contribution in [0.15, 0.2) is 67.0 Å². The van der Waals surface area contributed by atoms with Crippen LogP contribution in [-0.2, 0) is 16.1 Å². The number of hydrogen-bond donors (Lipinski definition) is 2. The molecule has 4 heterocycles. The van der Waals surface area contributed by atoms with Crippen LogP contribution >= 0.6 is 0 Å². The fraction of sp³-hybridized carbons (Fsp3) is 0.296. The van der Waals surface area contributed by atoms with E-state index >= 15 is 0 Å². The van der Waals surface area contributed by atoms with Crippen LogP contribution in [-0.4, -0.2) is 72.1 Å². The monoisotopic (exact) mass is 615 g/mol. The van der Waals surface area contributed by atoms with Gasteiger partial charge in [0.25, 0.3) is 0 Å². The average Bonchev–Trinajstić information content (AvgIpc) is 3.37. The Balaban J connectivity index is 0.000000303. The number of halogens is 7. The summed E-state index contributed by atoms with van der Waals surface area (Å²) in [7, 11) is 0. The Bertz CT molecular complexity index is 1500. The highest BCUT2D eigenvalue weighted by Crippen LogP contribution is 2.28. The minimum absolute atomic E-state index is 0.237. The van der Waals surface area contributed by atoms with Gasteiger partial charge in [-0.3, -0.25) is 9.88 Å². The third-order valence-electron chi connectivity index (χ3n) is 6.05. The molecule has 3 aromatic heterocycles. The van der Waals surface area contributed by atoms with Gasteiger partial charge in [0, 0.05) is 30.4 Å². The minimum atomic E-state index is -5.08. The molecule has 1 aromatic carbocycles. The number of carbonyl (C=O) groups is 2. The molecule has 1 saturated heterocycles. The van der Waals surface area contributed by atoms with Gasteiger partial charge in [0.15, 0.2) is 11.5 Å². The predicted octanol–water partition coefficient (Wildman–Crippen LogP) is 5.58. The molecule has 9 nitrogen and oxygen atoms in total. The molecule has 1 aliphatic heterocycles. The SMILES string of the molecule is Fc1cccc(-c2ccc3nc(C4CCN(Cc5ccccn5)CC4)nn3c2)c1.O=C(O)C(F)(F)F.O=C(O)C(F)(F)F. The van der Waals surface area contributed by atoms with Crippen molar-refractivity contribution in [1.29, 1.82) is 0 Å². The first-order chi connectivity index (χ1) is 20.1. The van der Waals surface area contributed by atoms with Crippen LogP contribution in [0.4, 0.5) is 30.7 Å². The van der Waals surface area contributed by atoms with Crippen LogP contribution in [0.5, 0.6) is 0 Å². The highest BCUT2D eigenvalue weighted by atomic mass is 19.4. The molecule has 0 spiro atoms. The molecule has 4 aromatic rings. The molecular formula is C27H24F7N5O4. The zero-order valence-corrected chi connectivity index (χ0v) is 22.1. The summed E-state index contributed by atoms with van der Waals surface area (Å²) in [6, 6.07) is 16.6. The number of nitrogens with zero attached hydrogens (tertiary/aromatic N) is 5. The lowest BCUT2D eigenvalue weighted by Gasteiger charge is -2.30. The van der Waals surface area contributed by atoms with E-state index in [1.165, 1.54) is 12.1 Å². The largest absolute Gasteiger partial charge is 0.490 e. The number of fused-ring (bicyclic) bond motifs is 1. The number of rotatable bonds is 4. The van der Waals surface area contributed by atoms with Crippen molar-refractivity contribution in [2.75, 3.05) is 13.1 Å². The Labute approximate surface area is 239 Å². The predicted molar refractivity (Wildman–Crippen MR) is 137 cm³/mol. The van der Waals surface area contributed by atoms with Gasteiger partial charge >= 0.3 is 24.3 Å². The van der Waals surface area contributed by atoms with Gasteiger partial charge in [-0.05, 0) is 67.9 Å². The molecule has 230 valence electrons. The van der Waals surface area contributed by atoms with E-state index in [0.29, 0.717) is 5.92 Å². The molecule has 5 rings (SSSR count). The Morgan fingerprint density at radius 2 is 1.49 bits per heavy atom. The summed E-state index contributed by atoms with van der Waals surface area (Å²) in [4.78, 5) is 29.4. The van der Waals surface area contributed by atoms with E-state index in [9.17, 15) is 30.7 Å². The number of aromatic nitrogens is 4. The maximum atomic E-state index is 13.5. The van der Waals surface area contributed by atoms with Crippen molar-refractivity contribution in [3.8, 4) is 11.1 Å². The van der Waals surface area contributed by atoms with E-state index in [0.717, 1.165) is 60.8 Å². The van der Waals surface area contributed by atoms with E-state index < -0.39 is 24.3 Å². The minimum Gasteiger partial charge on any atom is -0.475 e. The third kappa shape index (κ3) is 10.0. The lowest BCUT2D eigenvalue weighted by atomic mass is 9.96. The van der Waals surface area contributed by atoms with Crippen LogP contribution < -0.4 is 0 Å². The van der Waals surface area contributed by atoms with Crippen LogP contribution in [0.3, 0.4) is 0 Å². The maximum Gasteiger partial charge on any atom is 0.490 e. The number of benzene rings is 1. The molecule has 1 aliphatic rings. The van der Waals surface area contributed by atoms with Crippen molar-refractivity contribution < 1.29 is 50.5 Å². The zero-order chi connectivity index (χ0) is 31.8. The summed E-state index contributed by atoms with van der Waals surface area (Å²) < 4.78 is 78.8. The Hall–Kier alpha value is -4.60. The van der Waals surface area contributed by atoms with E-state index in [4.69, 9.17) is 29.9 Å². The number of piperidine rings is 1. The lowest BCUT2D eigenvalue weighted by Crippen LogP contribution is -2.33. The lowest BCUT2D eigenvalue weighted by molar-refractivity contribution is -0.193. The molecule has 2 N–H and O–H groups in total. The van der Waals surface area contributed by atoms with E-state index in [-0.39, 0.29) is 5.82 Å². The number of pyridine rings is 2. The fourth-order valence-electron chi connectivity index (χ4n) is 3.98. The molecular weight excluding hydrogens is 591 g/mol. The third-order valence-corrected chi connectivity index (χ3v) is 6.05. The van der Waals surface area contributed by atoms with Gasteiger partial charge in [0.1, 0.15) is 5.82 Å². The topological polar surface area (TPSA) is 121 Å². The molecule has 0 atom stereocenters. The average molecular weight is 616 g/mol. The molecule has 0 aliphatic carbocycles. The van der Waals surface area contributed by atoms with Crippen molar-refractivity contribution in [2.24, 2.45) is 0 Å². The normalized spacial score (nSPS) is 14.3. The molecule has 16 heteroatoms. The molecule has 1 fully saturated rings. The first-order valence-corrected chi connectivity index (χ1v) is 12.5. The summed E-state index contributed by atoms with van der Waals surface area (Å²) >= 11 is 0. The molecule has 0 radical (unpaired) electrons. The second-order valence-corrected chi connectivity index (χ2v) is 9.18. The summed E-state index contributed by atoms with van der Waals surface area (Å²) in [6.45, 7) is 2.93.